The van der Waals surface area contributed by atoms with Crippen molar-refractivity contribution in [3.63, 3.8) is 0 Å². The van der Waals surface area contributed by atoms with Crippen molar-refractivity contribution in [1.29, 1.82) is 0 Å². The van der Waals surface area contributed by atoms with E-state index in [0.29, 0.717) is 10.2 Å². The van der Waals surface area contributed by atoms with E-state index in [9.17, 15) is 10.1 Å². The molecule has 0 bridgehead atoms. The summed E-state index contributed by atoms with van der Waals surface area (Å²) < 4.78 is 8.14. The molecule has 0 saturated heterocycles. The van der Waals surface area contributed by atoms with Gasteiger partial charge in [0.05, 0.1) is 20.4 Å². The van der Waals surface area contributed by atoms with Crippen molar-refractivity contribution in [2.45, 2.75) is 19.4 Å². The van der Waals surface area contributed by atoms with Crippen LogP contribution < -0.4 is 4.74 Å². The van der Waals surface area contributed by atoms with Crippen molar-refractivity contribution in [2.24, 2.45) is 0 Å². The zero-order chi connectivity index (χ0) is 14.8. The van der Waals surface area contributed by atoms with Gasteiger partial charge in [-0.1, -0.05) is 6.07 Å². The van der Waals surface area contributed by atoms with Gasteiger partial charge >= 0.3 is 5.69 Å². The third-order valence-corrected chi connectivity index (χ3v) is 3.79. The van der Waals surface area contributed by atoms with Crippen LogP contribution in [0.25, 0.3) is 0 Å². The van der Waals surface area contributed by atoms with Gasteiger partial charge in [0, 0.05) is 12.4 Å². The lowest BCUT2D eigenvalue weighted by atomic mass is 10.1. The molecule has 1 heterocycles. The molecule has 0 fully saturated rings. The molecule has 0 spiro atoms. The Balaban J connectivity index is 2.20. The van der Waals surface area contributed by atoms with Gasteiger partial charge in [0.15, 0.2) is 5.75 Å². The number of imidazole rings is 1. The second-order valence-electron chi connectivity index (χ2n) is 4.91. The van der Waals surface area contributed by atoms with Crippen LogP contribution >= 0.6 is 22.6 Å². The minimum Gasteiger partial charge on any atom is -0.484 e. The summed E-state index contributed by atoms with van der Waals surface area (Å²) in [5, 5.41) is 11.1. The number of halogens is 1. The number of hydrogen-bond donors (Lipinski definition) is 0. The molecular formula is C13H14IN3O3. The SMILES string of the molecule is CC(C)(COc1cccc(I)c1[N+](=O)[O-])n1ccnc1. The van der Waals surface area contributed by atoms with E-state index in [1.165, 1.54) is 0 Å². The molecular weight excluding hydrogens is 373 g/mol. The van der Waals surface area contributed by atoms with Gasteiger partial charge in [-0.2, -0.15) is 0 Å². The monoisotopic (exact) mass is 387 g/mol. The third kappa shape index (κ3) is 3.09. The Morgan fingerprint density at radius 2 is 2.25 bits per heavy atom. The van der Waals surface area contributed by atoms with Gasteiger partial charge in [0.25, 0.3) is 0 Å². The van der Waals surface area contributed by atoms with Crippen molar-refractivity contribution in [3.8, 4) is 5.75 Å². The molecule has 0 radical (unpaired) electrons. The molecule has 0 aliphatic carbocycles. The number of rotatable bonds is 5. The zero-order valence-electron chi connectivity index (χ0n) is 11.1. The number of hydrogen-bond acceptors (Lipinski definition) is 4. The fraction of sp³-hybridized carbons (Fsp3) is 0.308. The summed E-state index contributed by atoms with van der Waals surface area (Å²) >= 11 is 1.94. The minimum atomic E-state index is -0.415. The Morgan fingerprint density at radius 1 is 1.50 bits per heavy atom. The second kappa shape index (κ2) is 5.78. The van der Waals surface area contributed by atoms with Gasteiger partial charge in [0.1, 0.15) is 6.61 Å². The molecule has 0 saturated carbocycles. The first-order chi connectivity index (χ1) is 9.42. The molecule has 1 aromatic heterocycles. The molecule has 7 heteroatoms. The molecule has 0 atom stereocenters. The number of ether oxygens (including phenoxy) is 1. The van der Waals surface area contributed by atoms with E-state index >= 15 is 0 Å². The number of nitro benzene ring substituents is 1. The maximum atomic E-state index is 11.1. The summed E-state index contributed by atoms with van der Waals surface area (Å²) in [4.78, 5) is 14.7. The largest absolute Gasteiger partial charge is 0.484 e. The van der Waals surface area contributed by atoms with E-state index < -0.39 is 4.92 Å². The van der Waals surface area contributed by atoms with Crippen LogP contribution in [0.3, 0.4) is 0 Å². The smallest absolute Gasteiger partial charge is 0.324 e. The predicted octanol–water partition coefficient (Wildman–Crippen LogP) is 3.21. The average Bonchev–Trinajstić information content (AvgIpc) is 2.90. The number of para-hydroxylation sites is 1. The summed E-state index contributed by atoms with van der Waals surface area (Å²) in [6.45, 7) is 4.27. The molecule has 0 unspecified atom stereocenters. The Bertz CT molecular complexity index is 611. The van der Waals surface area contributed by atoms with Crippen molar-refractivity contribution in [3.05, 3.63) is 50.6 Å². The van der Waals surface area contributed by atoms with E-state index in [0.717, 1.165) is 0 Å². The van der Waals surface area contributed by atoms with Gasteiger partial charge < -0.3 is 9.30 Å². The standard InChI is InChI=1S/C13H14IN3O3/c1-13(2,16-7-6-15-9-16)8-20-11-5-3-4-10(14)12(11)17(18)19/h3-7,9H,8H2,1-2H3. The molecule has 6 nitrogen and oxygen atoms in total. The number of nitrogens with zero attached hydrogens (tertiary/aromatic N) is 3. The maximum Gasteiger partial charge on any atom is 0.324 e. The molecule has 0 N–H and O–H groups in total. The highest BCUT2D eigenvalue weighted by Gasteiger charge is 2.24. The summed E-state index contributed by atoms with van der Waals surface area (Å²) in [6, 6.07) is 5.05. The van der Waals surface area contributed by atoms with Crippen LogP contribution in [-0.4, -0.2) is 21.1 Å². The van der Waals surface area contributed by atoms with E-state index in [1.54, 1.807) is 30.7 Å². The third-order valence-electron chi connectivity index (χ3n) is 2.92. The topological polar surface area (TPSA) is 70.2 Å². The van der Waals surface area contributed by atoms with Crippen molar-refractivity contribution >= 4 is 28.3 Å². The van der Waals surface area contributed by atoms with E-state index in [1.807, 2.05) is 47.2 Å². The van der Waals surface area contributed by atoms with Crippen LogP contribution in [0.2, 0.25) is 0 Å². The Kier molecular flexibility index (Phi) is 4.26. The van der Waals surface area contributed by atoms with E-state index in [4.69, 9.17) is 4.74 Å². The normalized spacial score (nSPS) is 11.3. The molecule has 1 aromatic carbocycles. The average molecular weight is 387 g/mol. The van der Waals surface area contributed by atoms with Crippen molar-refractivity contribution in [2.75, 3.05) is 6.61 Å². The summed E-state index contributed by atoms with van der Waals surface area (Å²) in [5.74, 6) is 0.287. The number of nitro groups is 1. The predicted molar refractivity (Wildman–Crippen MR) is 82.9 cm³/mol. The van der Waals surface area contributed by atoms with Gasteiger partial charge in [-0.05, 0) is 48.6 Å². The van der Waals surface area contributed by atoms with Crippen LogP contribution in [0.4, 0.5) is 5.69 Å². The molecule has 0 amide bonds. The summed E-state index contributed by atoms with van der Waals surface area (Å²) in [5.41, 5.74) is -0.333. The quantitative estimate of drug-likeness (QED) is 0.449. The van der Waals surface area contributed by atoms with Crippen LogP contribution in [0.5, 0.6) is 5.75 Å². The van der Waals surface area contributed by atoms with Gasteiger partial charge in [-0.15, -0.1) is 0 Å². The first-order valence-electron chi connectivity index (χ1n) is 5.96. The van der Waals surface area contributed by atoms with Crippen molar-refractivity contribution < 1.29 is 9.66 Å². The van der Waals surface area contributed by atoms with Gasteiger partial charge in [0.2, 0.25) is 0 Å². The first kappa shape index (κ1) is 14.8. The fourth-order valence-electron chi connectivity index (χ4n) is 1.74. The van der Waals surface area contributed by atoms with Gasteiger partial charge in [-0.25, -0.2) is 4.98 Å². The maximum absolute atomic E-state index is 11.1. The highest BCUT2D eigenvalue weighted by Crippen LogP contribution is 2.32. The lowest BCUT2D eigenvalue weighted by Gasteiger charge is -2.26. The Morgan fingerprint density at radius 3 is 2.85 bits per heavy atom. The van der Waals surface area contributed by atoms with Crippen molar-refractivity contribution in [1.82, 2.24) is 9.55 Å². The lowest BCUT2D eigenvalue weighted by molar-refractivity contribution is -0.386. The number of aromatic nitrogens is 2. The van der Waals surface area contributed by atoms with Gasteiger partial charge in [-0.3, -0.25) is 10.1 Å². The highest BCUT2D eigenvalue weighted by molar-refractivity contribution is 14.1. The molecule has 2 aromatic rings. The van der Waals surface area contributed by atoms with E-state index in [-0.39, 0.29) is 17.0 Å². The molecule has 0 aliphatic heterocycles. The molecule has 20 heavy (non-hydrogen) atoms. The zero-order valence-corrected chi connectivity index (χ0v) is 13.3. The Labute approximate surface area is 130 Å². The van der Waals surface area contributed by atoms with Crippen LogP contribution in [-0.2, 0) is 5.54 Å². The Hall–Kier alpha value is -1.64. The highest BCUT2D eigenvalue weighted by atomic mass is 127. The first-order valence-corrected chi connectivity index (χ1v) is 7.04. The second-order valence-corrected chi connectivity index (χ2v) is 6.08. The number of benzene rings is 1. The van der Waals surface area contributed by atoms with Crippen LogP contribution in [0.1, 0.15) is 13.8 Å². The van der Waals surface area contributed by atoms with E-state index in [2.05, 4.69) is 4.98 Å². The molecule has 2 rings (SSSR count). The minimum absolute atomic E-state index is 0.00883. The fourth-order valence-corrected chi connectivity index (χ4v) is 2.41. The molecule has 0 aliphatic rings. The van der Waals surface area contributed by atoms with Crippen LogP contribution in [0, 0.1) is 13.7 Å². The summed E-state index contributed by atoms with van der Waals surface area (Å²) in [6.07, 6.45) is 5.23. The molecule has 106 valence electrons. The lowest BCUT2D eigenvalue weighted by Crippen LogP contribution is -2.32. The van der Waals surface area contributed by atoms with Crippen LogP contribution in [0.15, 0.2) is 36.9 Å². The summed E-state index contributed by atoms with van der Waals surface area (Å²) in [7, 11) is 0.